The molecule has 32 heavy (non-hydrogen) atoms. The van der Waals surface area contributed by atoms with Crippen LogP contribution in [0.3, 0.4) is 0 Å². The largest absolute Gasteiger partial charge is 0.493 e. The topological polar surface area (TPSA) is 76.4 Å². The van der Waals surface area contributed by atoms with Crippen molar-refractivity contribution in [3.63, 3.8) is 0 Å². The van der Waals surface area contributed by atoms with Gasteiger partial charge in [-0.05, 0) is 49.9 Å². The first kappa shape index (κ1) is 21.9. The molecule has 0 fully saturated rings. The lowest BCUT2D eigenvalue weighted by molar-refractivity contribution is 0.261. The van der Waals surface area contributed by atoms with Gasteiger partial charge in [0.2, 0.25) is 0 Å². The lowest BCUT2D eigenvalue weighted by atomic mass is 10.00. The summed E-state index contributed by atoms with van der Waals surface area (Å²) in [6.07, 6.45) is 1.82. The Kier molecular flexibility index (Phi) is 6.73. The van der Waals surface area contributed by atoms with Gasteiger partial charge in [-0.15, -0.1) is 10.2 Å². The Morgan fingerprint density at radius 3 is 2.62 bits per heavy atom. The summed E-state index contributed by atoms with van der Waals surface area (Å²) < 4.78 is 7.80. The third kappa shape index (κ3) is 4.93. The zero-order chi connectivity index (χ0) is 22.5. The van der Waals surface area contributed by atoms with Gasteiger partial charge in [-0.1, -0.05) is 36.4 Å². The SMILES string of the molecule is Cc1cccc(C)c1CCNC(=NCc1nnc(C)n1C)NC1CCOc2ccccc21. The van der Waals surface area contributed by atoms with E-state index in [9.17, 15) is 0 Å². The third-order valence-corrected chi connectivity index (χ3v) is 6.14. The molecule has 0 bridgehead atoms. The molecule has 1 aliphatic rings. The molecule has 3 aromatic rings. The van der Waals surface area contributed by atoms with Crippen LogP contribution < -0.4 is 15.4 Å². The molecule has 0 amide bonds. The first-order valence-electron chi connectivity index (χ1n) is 11.2. The second-order valence-electron chi connectivity index (χ2n) is 8.31. The van der Waals surface area contributed by atoms with E-state index in [2.05, 4.69) is 65.0 Å². The van der Waals surface area contributed by atoms with Crippen molar-refractivity contribution in [3.8, 4) is 5.75 Å². The molecule has 7 heteroatoms. The van der Waals surface area contributed by atoms with E-state index >= 15 is 0 Å². The van der Waals surface area contributed by atoms with Crippen LogP contribution in [-0.2, 0) is 20.0 Å². The fourth-order valence-corrected chi connectivity index (χ4v) is 4.10. The molecule has 168 valence electrons. The molecule has 2 N–H and O–H groups in total. The number of aromatic nitrogens is 3. The van der Waals surface area contributed by atoms with Gasteiger partial charge in [0.05, 0.1) is 12.6 Å². The van der Waals surface area contributed by atoms with Crippen molar-refractivity contribution in [2.75, 3.05) is 13.2 Å². The van der Waals surface area contributed by atoms with E-state index in [0.29, 0.717) is 13.2 Å². The van der Waals surface area contributed by atoms with E-state index in [1.165, 1.54) is 16.7 Å². The van der Waals surface area contributed by atoms with Crippen LogP contribution in [0.5, 0.6) is 5.75 Å². The fourth-order valence-electron chi connectivity index (χ4n) is 4.10. The Labute approximate surface area is 189 Å². The van der Waals surface area contributed by atoms with Gasteiger partial charge in [0.1, 0.15) is 18.1 Å². The Morgan fingerprint density at radius 2 is 1.88 bits per heavy atom. The zero-order valence-corrected chi connectivity index (χ0v) is 19.4. The van der Waals surface area contributed by atoms with Crippen LogP contribution in [0, 0.1) is 20.8 Å². The number of nitrogens with one attached hydrogen (secondary N) is 2. The van der Waals surface area contributed by atoms with Gasteiger partial charge >= 0.3 is 0 Å². The highest BCUT2D eigenvalue weighted by Gasteiger charge is 2.22. The Bertz CT molecular complexity index is 1080. The van der Waals surface area contributed by atoms with E-state index in [1.807, 2.05) is 30.7 Å². The number of hydrogen-bond donors (Lipinski definition) is 2. The minimum absolute atomic E-state index is 0.146. The van der Waals surface area contributed by atoms with E-state index in [-0.39, 0.29) is 6.04 Å². The van der Waals surface area contributed by atoms with E-state index in [4.69, 9.17) is 9.73 Å². The summed E-state index contributed by atoms with van der Waals surface area (Å²) in [5.74, 6) is 3.44. The summed E-state index contributed by atoms with van der Waals surface area (Å²) in [5, 5.41) is 15.6. The van der Waals surface area contributed by atoms with Crippen molar-refractivity contribution in [3.05, 3.63) is 76.4 Å². The highest BCUT2D eigenvalue weighted by molar-refractivity contribution is 5.80. The number of aliphatic imine (C=N–C) groups is 1. The normalized spacial score (nSPS) is 15.8. The van der Waals surface area contributed by atoms with Gasteiger partial charge in [-0.2, -0.15) is 0 Å². The summed E-state index contributed by atoms with van der Waals surface area (Å²) in [4.78, 5) is 4.84. The van der Waals surface area contributed by atoms with E-state index in [0.717, 1.165) is 48.3 Å². The molecule has 7 nitrogen and oxygen atoms in total. The standard InChI is InChI=1S/C25H32N6O/c1-17-8-7-9-18(2)20(17)12-14-26-25(27-16-24-30-29-19(3)31(24)4)28-22-13-15-32-23-11-6-5-10-21(22)23/h5-11,22H,12-16H2,1-4H3,(H2,26,27,28). The van der Waals surface area contributed by atoms with Gasteiger partial charge in [-0.25, -0.2) is 4.99 Å². The summed E-state index contributed by atoms with van der Waals surface area (Å²) in [7, 11) is 1.97. The second kappa shape index (κ2) is 9.85. The molecule has 0 aliphatic carbocycles. The van der Waals surface area contributed by atoms with Crippen molar-refractivity contribution in [1.29, 1.82) is 0 Å². The lowest BCUT2D eigenvalue weighted by Gasteiger charge is -2.28. The highest BCUT2D eigenvalue weighted by Crippen LogP contribution is 2.31. The number of ether oxygens (including phenoxy) is 1. The van der Waals surface area contributed by atoms with Crippen LogP contribution in [0.4, 0.5) is 0 Å². The lowest BCUT2D eigenvalue weighted by Crippen LogP contribution is -2.42. The van der Waals surface area contributed by atoms with Crippen LogP contribution in [0.1, 0.15) is 46.4 Å². The van der Waals surface area contributed by atoms with Gasteiger partial charge in [-0.3, -0.25) is 0 Å². The first-order chi connectivity index (χ1) is 15.5. The summed E-state index contributed by atoms with van der Waals surface area (Å²) >= 11 is 0. The minimum Gasteiger partial charge on any atom is -0.493 e. The molecule has 4 rings (SSSR count). The third-order valence-electron chi connectivity index (χ3n) is 6.14. The van der Waals surface area contributed by atoms with Crippen molar-refractivity contribution < 1.29 is 4.74 Å². The molecule has 1 unspecified atom stereocenters. The van der Waals surface area contributed by atoms with Gasteiger partial charge in [0.15, 0.2) is 11.8 Å². The van der Waals surface area contributed by atoms with Crippen LogP contribution in [0.2, 0.25) is 0 Å². The summed E-state index contributed by atoms with van der Waals surface area (Å²) in [5.41, 5.74) is 5.20. The number of aryl methyl sites for hydroxylation is 3. The summed E-state index contributed by atoms with van der Waals surface area (Å²) in [6, 6.07) is 14.8. The molecule has 0 saturated heterocycles. The Morgan fingerprint density at radius 1 is 1.09 bits per heavy atom. The quantitative estimate of drug-likeness (QED) is 0.460. The number of benzene rings is 2. The van der Waals surface area contributed by atoms with Crippen LogP contribution >= 0.6 is 0 Å². The molecule has 2 heterocycles. The van der Waals surface area contributed by atoms with E-state index < -0.39 is 0 Å². The van der Waals surface area contributed by atoms with Crippen molar-refractivity contribution in [1.82, 2.24) is 25.4 Å². The van der Waals surface area contributed by atoms with E-state index in [1.54, 1.807) is 0 Å². The number of nitrogens with zero attached hydrogens (tertiary/aromatic N) is 4. The van der Waals surface area contributed by atoms with Gasteiger partial charge < -0.3 is 19.9 Å². The van der Waals surface area contributed by atoms with Crippen molar-refractivity contribution in [2.45, 2.75) is 46.2 Å². The number of rotatable bonds is 6. The van der Waals surface area contributed by atoms with Gasteiger partial charge in [0.25, 0.3) is 0 Å². The molecular formula is C25H32N6O. The molecular weight excluding hydrogens is 400 g/mol. The van der Waals surface area contributed by atoms with Crippen molar-refractivity contribution in [2.24, 2.45) is 12.0 Å². The average molecular weight is 433 g/mol. The maximum atomic E-state index is 5.83. The Balaban J connectivity index is 1.50. The number of fused-ring (bicyclic) bond motifs is 1. The molecule has 1 atom stereocenters. The van der Waals surface area contributed by atoms with Crippen LogP contribution in [0.15, 0.2) is 47.5 Å². The van der Waals surface area contributed by atoms with Crippen molar-refractivity contribution >= 4 is 5.96 Å². The minimum atomic E-state index is 0.146. The number of para-hydroxylation sites is 1. The maximum absolute atomic E-state index is 5.83. The molecule has 2 aromatic carbocycles. The molecule has 0 radical (unpaired) electrons. The van der Waals surface area contributed by atoms with Crippen LogP contribution in [0.25, 0.3) is 0 Å². The average Bonchev–Trinajstić information content (AvgIpc) is 3.11. The predicted molar refractivity (Wildman–Crippen MR) is 127 cm³/mol. The van der Waals surface area contributed by atoms with Gasteiger partial charge in [0, 0.05) is 25.6 Å². The molecule has 0 spiro atoms. The second-order valence-corrected chi connectivity index (χ2v) is 8.31. The number of hydrogen-bond acceptors (Lipinski definition) is 4. The van der Waals surface area contributed by atoms with Crippen LogP contribution in [-0.4, -0.2) is 33.9 Å². The highest BCUT2D eigenvalue weighted by atomic mass is 16.5. The smallest absolute Gasteiger partial charge is 0.192 e. The molecule has 1 aliphatic heterocycles. The zero-order valence-electron chi connectivity index (χ0n) is 19.4. The maximum Gasteiger partial charge on any atom is 0.192 e. The predicted octanol–water partition coefficient (Wildman–Crippen LogP) is 3.54. The molecule has 0 saturated carbocycles. The Hall–Kier alpha value is -3.35. The monoisotopic (exact) mass is 432 g/mol. The number of guanidine groups is 1. The molecule has 1 aromatic heterocycles. The summed E-state index contributed by atoms with van der Waals surface area (Å²) in [6.45, 7) is 8.23. The fraction of sp³-hybridized carbons (Fsp3) is 0.400. The first-order valence-corrected chi connectivity index (χ1v) is 11.2.